The second-order valence-corrected chi connectivity index (χ2v) is 10.2. The van der Waals surface area contributed by atoms with Crippen molar-refractivity contribution in [3.8, 4) is 0 Å². The van der Waals surface area contributed by atoms with Crippen molar-refractivity contribution in [2.45, 2.75) is 50.3 Å². The van der Waals surface area contributed by atoms with Gasteiger partial charge in [-0.25, -0.2) is 0 Å². The number of halogens is 2. The molecule has 0 N–H and O–H groups in total. The highest BCUT2D eigenvalue weighted by Crippen LogP contribution is 2.21. The third-order valence-corrected chi connectivity index (χ3v) is 6.56. The Morgan fingerprint density at radius 3 is 2.22 bits per heavy atom. The molecule has 0 aliphatic carbocycles. The van der Waals surface area contributed by atoms with E-state index < -0.39 is 0 Å². The fraction of sp³-hybridized carbons (Fsp3) is 0.348. The molecule has 0 saturated heterocycles. The standard InChI is InChI=1S/C23H26I2OS/c1-2-3-4-5-6-7-14-27-22-11-9-19(10-12-22)23(26)13-8-18-15-20(24)17-21(25)16-18/h8-13,15-17H,2-7,14H2,1H3. The number of carbonyl (C=O) groups excluding carboxylic acids is 1. The summed E-state index contributed by atoms with van der Waals surface area (Å²) in [6.07, 6.45) is 11.5. The summed E-state index contributed by atoms with van der Waals surface area (Å²) in [5, 5.41) is 0. The molecule has 0 spiro atoms. The van der Waals surface area contributed by atoms with E-state index in [0.717, 1.165) is 16.9 Å². The first-order valence-electron chi connectivity index (χ1n) is 9.50. The average Bonchev–Trinajstić information content (AvgIpc) is 2.65. The van der Waals surface area contributed by atoms with E-state index in [2.05, 4.69) is 82.4 Å². The largest absolute Gasteiger partial charge is 0.289 e. The lowest BCUT2D eigenvalue weighted by Gasteiger charge is -2.03. The Kier molecular flexibility index (Phi) is 11.0. The van der Waals surface area contributed by atoms with Gasteiger partial charge >= 0.3 is 0 Å². The van der Waals surface area contributed by atoms with Gasteiger partial charge in [0.05, 0.1) is 0 Å². The molecule has 144 valence electrons. The van der Waals surface area contributed by atoms with Crippen LogP contribution >= 0.6 is 56.9 Å². The molecule has 0 atom stereocenters. The summed E-state index contributed by atoms with van der Waals surface area (Å²) in [6, 6.07) is 14.3. The van der Waals surface area contributed by atoms with E-state index in [-0.39, 0.29) is 5.78 Å². The van der Waals surface area contributed by atoms with Gasteiger partial charge in [0.15, 0.2) is 5.78 Å². The maximum Gasteiger partial charge on any atom is 0.185 e. The number of ketones is 1. The summed E-state index contributed by atoms with van der Waals surface area (Å²) in [7, 11) is 0. The van der Waals surface area contributed by atoms with Crippen molar-refractivity contribution in [1.82, 2.24) is 0 Å². The van der Waals surface area contributed by atoms with Crippen LogP contribution in [0.1, 0.15) is 61.4 Å². The van der Waals surface area contributed by atoms with Gasteiger partial charge in [0.1, 0.15) is 0 Å². The third kappa shape index (κ3) is 9.13. The van der Waals surface area contributed by atoms with Crippen molar-refractivity contribution in [2.24, 2.45) is 0 Å². The van der Waals surface area contributed by atoms with Gasteiger partial charge in [-0.15, -0.1) is 11.8 Å². The number of benzene rings is 2. The van der Waals surface area contributed by atoms with Crippen molar-refractivity contribution in [1.29, 1.82) is 0 Å². The number of thioether (sulfide) groups is 1. The second kappa shape index (κ2) is 13.0. The predicted molar refractivity (Wildman–Crippen MR) is 136 cm³/mol. The van der Waals surface area contributed by atoms with Crippen LogP contribution < -0.4 is 0 Å². The van der Waals surface area contributed by atoms with E-state index in [1.807, 2.05) is 30.0 Å². The molecule has 27 heavy (non-hydrogen) atoms. The minimum Gasteiger partial charge on any atom is -0.289 e. The van der Waals surface area contributed by atoms with E-state index in [1.54, 1.807) is 6.08 Å². The van der Waals surface area contributed by atoms with Crippen LogP contribution in [0.3, 0.4) is 0 Å². The highest BCUT2D eigenvalue weighted by molar-refractivity contribution is 14.1. The first-order chi connectivity index (χ1) is 13.1. The molecule has 0 fully saturated rings. The zero-order valence-electron chi connectivity index (χ0n) is 15.7. The first kappa shape index (κ1) is 22.9. The van der Waals surface area contributed by atoms with E-state index in [4.69, 9.17) is 0 Å². The van der Waals surface area contributed by atoms with Crippen molar-refractivity contribution < 1.29 is 4.79 Å². The predicted octanol–water partition coefficient (Wildman–Crippen LogP) is 8.24. The molecule has 1 nitrogen and oxygen atoms in total. The molecule has 0 radical (unpaired) electrons. The molecule has 2 aromatic rings. The molecule has 2 rings (SSSR count). The zero-order valence-corrected chi connectivity index (χ0v) is 20.8. The number of unbranched alkanes of at least 4 members (excludes halogenated alkanes) is 5. The highest BCUT2D eigenvalue weighted by Gasteiger charge is 2.03. The van der Waals surface area contributed by atoms with Gasteiger partial charge in [-0.05, 0) is 111 Å². The SMILES string of the molecule is CCCCCCCCSc1ccc(C(=O)C=Cc2cc(I)cc(I)c2)cc1. The number of carbonyl (C=O) groups is 1. The van der Waals surface area contributed by atoms with Gasteiger partial charge in [-0.1, -0.05) is 45.1 Å². The molecule has 0 amide bonds. The van der Waals surface area contributed by atoms with Crippen LogP contribution in [0.15, 0.2) is 53.4 Å². The highest BCUT2D eigenvalue weighted by atomic mass is 127. The molecule has 0 heterocycles. The summed E-state index contributed by atoms with van der Waals surface area (Å²) in [4.78, 5) is 13.6. The summed E-state index contributed by atoms with van der Waals surface area (Å²) in [6.45, 7) is 2.25. The smallest absolute Gasteiger partial charge is 0.185 e. The van der Waals surface area contributed by atoms with Gasteiger partial charge in [0.2, 0.25) is 0 Å². The molecule has 4 heteroatoms. The minimum absolute atomic E-state index is 0.0522. The Hall–Kier alpha value is -0.340. The summed E-state index contributed by atoms with van der Waals surface area (Å²) < 4.78 is 2.36. The number of allylic oxidation sites excluding steroid dienone is 1. The monoisotopic (exact) mass is 604 g/mol. The Morgan fingerprint density at radius 2 is 1.56 bits per heavy atom. The van der Waals surface area contributed by atoms with E-state index >= 15 is 0 Å². The van der Waals surface area contributed by atoms with Gasteiger partial charge in [0, 0.05) is 17.6 Å². The number of hydrogen-bond acceptors (Lipinski definition) is 2. The lowest BCUT2D eigenvalue weighted by molar-refractivity contribution is 0.104. The van der Waals surface area contributed by atoms with Crippen LogP contribution in [-0.2, 0) is 0 Å². The Balaban J connectivity index is 1.80. The summed E-state index contributed by atoms with van der Waals surface area (Å²) in [5.41, 5.74) is 1.81. The van der Waals surface area contributed by atoms with Crippen LogP contribution in [0.4, 0.5) is 0 Å². The van der Waals surface area contributed by atoms with Gasteiger partial charge in [0.25, 0.3) is 0 Å². The molecular formula is C23H26I2OS. The molecule has 0 bridgehead atoms. The van der Waals surface area contributed by atoms with Crippen LogP contribution in [-0.4, -0.2) is 11.5 Å². The second-order valence-electron chi connectivity index (χ2n) is 6.54. The Bertz CT molecular complexity index is 733. The van der Waals surface area contributed by atoms with Gasteiger partial charge in [-0.3, -0.25) is 4.79 Å². The van der Waals surface area contributed by atoms with Crippen LogP contribution in [0, 0.1) is 7.14 Å². The van der Waals surface area contributed by atoms with E-state index in [1.165, 1.54) is 50.6 Å². The van der Waals surface area contributed by atoms with E-state index in [9.17, 15) is 4.79 Å². The molecule has 0 aromatic heterocycles. The Labute approximate surface area is 195 Å². The molecule has 0 aliphatic rings. The fourth-order valence-corrected chi connectivity index (χ4v) is 5.63. The summed E-state index contributed by atoms with van der Waals surface area (Å²) in [5.74, 6) is 1.21. The zero-order chi connectivity index (χ0) is 19.5. The van der Waals surface area contributed by atoms with E-state index in [0.29, 0.717) is 0 Å². The topological polar surface area (TPSA) is 17.1 Å². The van der Waals surface area contributed by atoms with Gasteiger partial charge in [-0.2, -0.15) is 0 Å². The average molecular weight is 604 g/mol. The molecular weight excluding hydrogens is 578 g/mol. The maximum absolute atomic E-state index is 12.4. The maximum atomic E-state index is 12.4. The van der Waals surface area contributed by atoms with Crippen LogP contribution in [0.5, 0.6) is 0 Å². The molecule has 2 aromatic carbocycles. The molecule has 0 saturated carbocycles. The van der Waals surface area contributed by atoms with Crippen molar-refractivity contribution >= 4 is 68.8 Å². The quantitative estimate of drug-likeness (QED) is 0.0846. The normalized spacial score (nSPS) is 11.2. The summed E-state index contributed by atoms with van der Waals surface area (Å²) >= 11 is 6.48. The lowest BCUT2D eigenvalue weighted by Crippen LogP contribution is -1.94. The number of hydrogen-bond donors (Lipinski definition) is 0. The fourth-order valence-electron chi connectivity index (χ4n) is 2.73. The minimum atomic E-state index is 0.0522. The van der Waals surface area contributed by atoms with Crippen LogP contribution in [0.2, 0.25) is 0 Å². The number of rotatable bonds is 11. The third-order valence-electron chi connectivity index (χ3n) is 4.22. The van der Waals surface area contributed by atoms with Crippen molar-refractivity contribution in [2.75, 3.05) is 5.75 Å². The Morgan fingerprint density at radius 1 is 0.926 bits per heavy atom. The van der Waals surface area contributed by atoms with Crippen molar-refractivity contribution in [3.63, 3.8) is 0 Å². The van der Waals surface area contributed by atoms with Gasteiger partial charge < -0.3 is 0 Å². The first-order valence-corrected chi connectivity index (χ1v) is 12.6. The van der Waals surface area contributed by atoms with Crippen molar-refractivity contribution in [3.05, 3.63) is 66.8 Å². The lowest BCUT2D eigenvalue weighted by atomic mass is 10.1. The molecule has 0 aliphatic heterocycles. The molecule has 0 unspecified atom stereocenters. The van der Waals surface area contributed by atoms with Crippen LogP contribution in [0.25, 0.3) is 6.08 Å².